The molecule has 3 saturated heterocycles. The molecule has 3 aliphatic heterocycles. The van der Waals surface area contributed by atoms with Crippen LogP contribution in [0.5, 0.6) is 0 Å². The Morgan fingerprint density at radius 3 is 1.74 bits per heavy atom. The van der Waals surface area contributed by atoms with Crippen LogP contribution in [0.2, 0.25) is 0 Å². The van der Waals surface area contributed by atoms with E-state index in [1.165, 1.54) is 38.5 Å². The highest BCUT2D eigenvalue weighted by atomic mass is 31.2. The number of aromatic nitrogens is 3. The Balaban J connectivity index is 0.00000180. The van der Waals surface area contributed by atoms with Crippen LogP contribution in [0.25, 0.3) is 11.0 Å². The van der Waals surface area contributed by atoms with Crippen LogP contribution < -0.4 is 4.62 Å². The molecule has 148 valence electrons. The molecule has 5 rings (SSSR count). The van der Waals surface area contributed by atoms with Crippen LogP contribution in [0.4, 0.5) is 0 Å². The topological polar surface area (TPSA) is 49.7 Å². The van der Waals surface area contributed by atoms with Gasteiger partial charge in [-0.3, -0.25) is 0 Å². The van der Waals surface area contributed by atoms with E-state index < -0.39 is 7.94 Å². The van der Waals surface area contributed by atoms with Gasteiger partial charge in [-0.15, -0.1) is 19.1 Å². The van der Waals surface area contributed by atoms with Crippen molar-refractivity contribution in [1.82, 2.24) is 29.2 Å². The van der Waals surface area contributed by atoms with E-state index in [-0.39, 0.29) is 7.43 Å². The van der Waals surface area contributed by atoms with Gasteiger partial charge in [-0.2, -0.15) is 4.62 Å². The summed E-state index contributed by atoms with van der Waals surface area (Å²) in [6.45, 7) is 6.79. The van der Waals surface area contributed by atoms with Gasteiger partial charge in [0.05, 0.1) is 0 Å². The summed E-state index contributed by atoms with van der Waals surface area (Å²) in [5.74, 6) is 0. The van der Waals surface area contributed by atoms with Crippen LogP contribution in [-0.4, -0.2) is 68.4 Å². The number of para-hydroxylation sites is 1. The van der Waals surface area contributed by atoms with Crippen molar-refractivity contribution in [2.75, 3.05) is 39.3 Å². The van der Waals surface area contributed by atoms with Gasteiger partial charge in [0.25, 0.3) is 0 Å². The van der Waals surface area contributed by atoms with E-state index in [2.05, 4.69) is 30.4 Å². The molecule has 0 saturated carbocycles. The molecule has 0 spiro atoms. The zero-order valence-corrected chi connectivity index (χ0v) is 16.2. The number of nitrogens with zero attached hydrogens (tertiary/aromatic N) is 6. The first-order valence-corrected chi connectivity index (χ1v) is 11.6. The van der Waals surface area contributed by atoms with Gasteiger partial charge in [0.1, 0.15) is 11.0 Å². The lowest BCUT2D eigenvalue weighted by molar-refractivity contribution is 0.169. The summed E-state index contributed by atoms with van der Waals surface area (Å²) in [7, 11) is -2.07. The first-order chi connectivity index (χ1) is 12.9. The van der Waals surface area contributed by atoms with Gasteiger partial charge in [-0.1, -0.05) is 19.6 Å². The lowest BCUT2D eigenvalue weighted by atomic mass is 10.3. The van der Waals surface area contributed by atoms with Crippen LogP contribution in [0.3, 0.4) is 0 Å². The SMILES string of the molecule is C.c1ccc2c(c1)nnn2O[P+](N1CCCC1)(N1CCCC1)N1CCCC1. The van der Waals surface area contributed by atoms with Crippen molar-refractivity contribution in [3.05, 3.63) is 24.3 Å². The predicted octanol–water partition coefficient (Wildman–Crippen LogP) is 3.46. The minimum Gasteiger partial charge on any atom is -0.183 e. The number of fused-ring (bicyclic) bond motifs is 1. The Bertz CT molecular complexity index is 709. The quantitative estimate of drug-likeness (QED) is 0.728. The molecule has 8 heteroatoms. The Labute approximate surface area is 162 Å². The molecule has 3 fully saturated rings. The summed E-state index contributed by atoms with van der Waals surface area (Å²) in [5.41, 5.74) is 1.87. The fourth-order valence-corrected chi connectivity index (χ4v) is 8.71. The second kappa shape index (κ2) is 8.00. The van der Waals surface area contributed by atoms with E-state index >= 15 is 0 Å². The highest BCUT2D eigenvalue weighted by Gasteiger charge is 2.63. The van der Waals surface area contributed by atoms with Gasteiger partial charge in [-0.25, -0.2) is 0 Å². The third-order valence-electron chi connectivity index (χ3n) is 5.86. The van der Waals surface area contributed by atoms with E-state index in [1.807, 2.05) is 18.2 Å². The second-order valence-electron chi connectivity index (χ2n) is 7.53. The molecule has 7 nitrogen and oxygen atoms in total. The van der Waals surface area contributed by atoms with E-state index in [0.717, 1.165) is 50.3 Å². The van der Waals surface area contributed by atoms with E-state index in [4.69, 9.17) is 4.62 Å². The number of rotatable bonds is 5. The van der Waals surface area contributed by atoms with Crippen molar-refractivity contribution in [1.29, 1.82) is 0 Å². The molecule has 0 unspecified atom stereocenters. The third-order valence-corrected chi connectivity index (χ3v) is 9.65. The molecule has 1 aromatic heterocycles. The lowest BCUT2D eigenvalue weighted by Gasteiger charge is -2.39. The highest BCUT2D eigenvalue weighted by Crippen LogP contribution is 2.68. The molecule has 0 aliphatic carbocycles. The number of hydrogen-bond donors (Lipinski definition) is 0. The second-order valence-corrected chi connectivity index (χ2v) is 10.4. The number of hydrogen-bond acceptors (Lipinski definition) is 6. The van der Waals surface area contributed by atoms with Crippen LogP contribution >= 0.6 is 7.94 Å². The van der Waals surface area contributed by atoms with Crippen LogP contribution in [0.1, 0.15) is 46.0 Å². The maximum Gasteiger partial charge on any atom is 0.451 e. The van der Waals surface area contributed by atoms with Crippen molar-refractivity contribution >= 4 is 19.0 Å². The summed E-state index contributed by atoms with van der Waals surface area (Å²) >= 11 is 0. The first kappa shape index (κ1) is 19.1. The summed E-state index contributed by atoms with van der Waals surface area (Å²) in [6.07, 6.45) is 7.61. The summed E-state index contributed by atoms with van der Waals surface area (Å²) in [6, 6.07) is 8.10. The summed E-state index contributed by atoms with van der Waals surface area (Å²) in [4.78, 5) is 1.72. The van der Waals surface area contributed by atoms with Gasteiger partial charge in [-0.05, 0) is 60.7 Å². The first-order valence-electron chi connectivity index (χ1n) is 10.0. The van der Waals surface area contributed by atoms with Gasteiger partial charge in [0.15, 0.2) is 0 Å². The van der Waals surface area contributed by atoms with Crippen molar-refractivity contribution in [2.45, 2.75) is 46.0 Å². The number of benzene rings is 1. The molecular formula is C19H32N6OP+. The monoisotopic (exact) mass is 391 g/mol. The highest BCUT2D eigenvalue weighted by molar-refractivity contribution is 7.64. The molecule has 27 heavy (non-hydrogen) atoms. The predicted molar refractivity (Wildman–Crippen MR) is 110 cm³/mol. The average molecular weight is 391 g/mol. The van der Waals surface area contributed by atoms with Gasteiger partial charge < -0.3 is 0 Å². The van der Waals surface area contributed by atoms with Gasteiger partial charge in [0.2, 0.25) is 0 Å². The average Bonchev–Trinajstić information content (AvgIpc) is 3.49. The molecule has 2 aromatic rings. The van der Waals surface area contributed by atoms with Gasteiger partial charge in [0, 0.05) is 39.3 Å². The summed E-state index contributed by atoms with van der Waals surface area (Å²) in [5, 5.41) is 8.72. The molecule has 1 aromatic carbocycles. The smallest absolute Gasteiger partial charge is 0.183 e. The summed E-state index contributed by atoms with van der Waals surface area (Å²) < 4.78 is 14.9. The fourth-order valence-electron chi connectivity index (χ4n) is 4.59. The van der Waals surface area contributed by atoms with Crippen molar-refractivity contribution in [3.8, 4) is 0 Å². The molecule has 4 heterocycles. The Kier molecular flexibility index (Phi) is 5.65. The molecule has 0 bridgehead atoms. The van der Waals surface area contributed by atoms with Gasteiger partial charge >= 0.3 is 7.94 Å². The van der Waals surface area contributed by atoms with E-state index in [0.29, 0.717) is 0 Å². The normalized spacial score (nSPS) is 22.5. The molecule has 0 atom stereocenters. The Morgan fingerprint density at radius 1 is 0.741 bits per heavy atom. The maximum atomic E-state index is 6.94. The Hall–Kier alpha value is -1.27. The van der Waals surface area contributed by atoms with Crippen molar-refractivity contribution < 1.29 is 4.62 Å². The molecule has 0 radical (unpaired) electrons. The lowest BCUT2D eigenvalue weighted by Crippen LogP contribution is -2.47. The molecule has 3 aliphatic rings. The minimum absolute atomic E-state index is 0. The Morgan fingerprint density at radius 2 is 1.22 bits per heavy atom. The minimum atomic E-state index is -2.07. The molecule has 0 N–H and O–H groups in total. The van der Waals surface area contributed by atoms with Crippen molar-refractivity contribution in [3.63, 3.8) is 0 Å². The maximum absolute atomic E-state index is 6.94. The standard InChI is InChI=1S/C18H28N6OP.CH4/c1-2-10-18-17(9-1)19-20-24(18)25-26(21-11-3-4-12-21,22-13-5-6-14-22)23-15-7-8-16-23;/h1-2,9-10H,3-8,11-16H2;1H4/q+1;. The third kappa shape index (κ3) is 3.25. The zero-order valence-electron chi connectivity index (χ0n) is 15.3. The molecular weight excluding hydrogens is 359 g/mol. The van der Waals surface area contributed by atoms with Crippen LogP contribution in [-0.2, 0) is 0 Å². The van der Waals surface area contributed by atoms with Crippen molar-refractivity contribution in [2.24, 2.45) is 0 Å². The van der Waals surface area contributed by atoms with E-state index in [9.17, 15) is 0 Å². The fraction of sp³-hybridized carbons (Fsp3) is 0.684. The molecule has 0 amide bonds. The largest absolute Gasteiger partial charge is 0.451 e. The van der Waals surface area contributed by atoms with Crippen LogP contribution in [0, 0.1) is 0 Å². The van der Waals surface area contributed by atoms with E-state index in [1.54, 1.807) is 4.85 Å². The van der Waals surface area contributed by atoms with Crippen LogP contribution in [0.15, 0.2) is 24.3 Å². The zero-order chi connectivity index (χ0) is 17.4.